The van der Waals surface area contributed by atoms with E-state index < -0.39 is 5.60 Å². The van der Waals surface area contributed by atoms with Crippen LogP contribution in [0.15, 0.2) is 48.5 Å². The van der Waals surface area contributed by atoms with Crippen molar-refractivity contribution < 1.29 is 9.90 Å². The summed E-state index contributed by atoms with van der Waals surface area (Å²) in [6.07, 6.45) is 1.63. The minimum atomic E-state index is -0.845. The Morgan fingerprint density at radius 3 is 2.27 bits per heavy atom. The van der Waals surface area contributed by atoms with E-state index in [2.05, 4.69) is 39.8 Å². The molecule has 0 spiro atoms. The smallest absolute Gasteiger partial charge is 0.251 e. The maximum atomic E-state index is 12.3. The number of β-amino-alcohol motifs (C(OH)–C–C–N with tert-alkyl or cyclic N) is 1. The second-order valence-electron chi connectivity index (χ2n) is 7.21. The van der Waals surface area contributed by atoms with E-state index in [1.165, 1.54) is 0 Å². The van der Waals surface area contributed by atoms with E-state index in [4.69, 9.17) is 0 Å². The monoisotopic (exact) mass is 353 g/mol. The van der Waals surface area contributed by atoms with Crippen LogP contribution in [0.3, 0.4) is 0 Å². The lowest BCUT2D eigenvalue weighted by Gasteiger charge is -2.32. The fourth-order valence-electron chi connectivity index (χ4n) is 3.22. The zero-order valence-electron chi connectivity index (χ0n) is 15.5. The van der Waals surface area contributed by atoms with Crippen LogP contribution in [0.4, 0.5) is 5.69 Å². The molecule has 1 aliphatic heterocycles. The maximum absolute atomic E-state index is 12.3. The Balaban J connectivity index is 1.62. The van der Waals surface area contributed by atoms with Crippen molar-refractivity contribution in [3.63, 3.8) is 0 Å². The molecule has 0 radical (unpaired) electrons. The van der Waals surface area contributed by atoms with E-state index in [1.807, 2.05) is 38.4 Å². The number of anilines is 1. The lowest BCUT2D eigenvalue weighted by Crippen LogP contribution is -2.52. The second-order valence-corrected chi connectivity index (χ2v) is 7.21. The highest BCUT2D eigenvalue weighted by Gasteiger charge is 2.29. The first kappa shape index (κ1) is 18.4. The molecule has 0 aliphatic carbocycles. The van der Waals surface area contributed by atoms with Crippen LogP contribution in [0.1, 0.15) is 23.2 Å². The van der Waals surface area contributed by atoms with Gasteiger partial charge in [0.2, 0.25) is 0 Å². The van der Waals surface area contributed by atoms with Crippen molar-refractivity contribution >= 4 is 11.6 Å². The fraction of sp³-hybridized carbons (Fsp3) is 0.381. The lowest BCUT2D eigenvalue weighted by atomic mass is 9.94. The molecule has 0 aromatic heterocycles. The van der Waals surface area contributed by atoms with E-state index in [9.17, 15) is 9.90 Å². The summed E-state index contributed by atoms with van der Waals surface area (Å²) in [5.74, 6) is -0.154. The average Bonchev–Trinajstić information content (AvgIpc) is 2.67. The molecule has 2 aromatic carbocycles. The molecule has 138 valence electrons. The molecular weight excluding hydrogens is 326 g/mol. The van der Waals surface area contributed by atoms with E-state index in [0.29, 0.717) is 18.5 Å². The molecule has 3 N–H and O–H groups in total. The standard InChI is InChI=1S/C21H27N3O2/c1-24(2)19-10-8-17(9-11-19)16-4-6-18(7-5-16)20(25)23-15-21(26)12-3-13-22-14-21/h4-11,22,26H,3,12-15H2,1-2H3,(H,23,25). The number of hydrogen-bond acceptors (Lipinski definition) is 4. The Bertz CT molecular complexity index is 733. The normalized spacial score (nSPS) is 19.8. The summed E-state index contributed by atoms with van der Waals surface area (Å²) in [5.41, 5.74) is 3.10. The van der Waals surface area contributed by atoms with Crippen molar-refractivity contribution in [1.29, 1.82) is 0 Å². The van der Waals surface area contributed by atoms with Crippen LogP contribution < -0.4 is 15.5 Å². The average molecular weight is 353 g/mol. The van der Waals surface area contributed by atoms with Crippen LogP contribution >= 0.6 is 0 Å². The molecular formula is C21H27N3O2. The van der Waals surface area contributed by atoms with Gasteiger partial charge >= 0.3 is 0 Å². The van der Waals surface area contributed by atoms with E-state index in [0.717, 1.165) is 29.8 Å². The van der Waals surface area contributed by atoms with Gasteiger partial charge in [0.05, 0.1) is 5.60 Å². The number of nitrogens with one attached hydrogen (secondary N) is 2. The number of rotatable bonds is 5. The molecule has 0 saturated carbocycles. The number of amides is 1. The Morgan fingerprint density at radius 1 is 1.12 bits per heavy atom. The van der Waals surface area contributed by atoms with Gasteiger partial charge < -0.3 is 20.6 Å². The Hall–Kier alpha value is -2.37. The molecule has 1 heterocycles. The third-order valence-electron chi connectivity index (χ3n) is 4.89. The molecule has 5 nitrogen and oxygen atoms in total. The molecule has 1 aliphatic rings. The third kappa shape index (κ3) is 4.42. The molecule has 1 fully saturated rings. The van der Waals surface area contributed by atoms with Gasteiger partial charge in [-0.25, -0.2) is 0 Å². The van der Waals surface area contributed by atoms with E-state index >= 15 is 0 Å². The molecule has 1 atom stereocenters. The van der Waals surface area contributed by atoms with Crippen LogP contribution in [0.5, 0.6) is 0 Å². The Labute approximate surface area is 155 Å². The number of carbonyl (C=O) groups is 1. The first-order valence-electron chi connectivity index (χ1n) is 9.06. The topological polar surface area (TPSA) is 64.6 Å². The summed E-state index contributed by atoms with van der Waals surface area (Å²) in [4.78, 5) is 14.4. The van der Waals surface area contributed by atoms with Gasteiger partial charge in [0.1, 0.15) is 0 Å². The van der Waals surface area contributed by atoms with Crippen molar-refractivity contribution in [1.82, 2.24) is 10.6 Å². The van der Waals surface area contributed by atoms with Gasteiger partial charge in [-0.2, -0.15) is 0 Å². The summed E-state index contributed by atoms with van der Waals surface area (Å²) < 4.78 is 0. The van der Waals surface area contributed by atoms with Gasteiger partial charge in [0.25, 0.3) is 5.91 Å². The van der Waals surface area contributed by atoms with Crippen LogP contribution in [0.25, 0.3) is 11.1 Å². The number of aliphatic hydroxyl groups is 1. The first-order valence-corrected chi connectivity index (χ1v) is 9.06. The van der Waals surface area contributed by atoms with Crippen molar-refractivity contribution in [3.05, 3.63) is 54.1 Å². The largest absolute Gasteiger partial charge is 0.387 e. The number of carbonyl (C=O) groups excluding carboxylic acids is 1. The lowest BCUT2D eigenvalue weighted by molar-refractivity contribution is 0.0170. The predicted molar refractivity (Wildman–Crippen MR) is 106 cm³/mol. The van der Waals surface area contributed by atoms with Crippen LogP contribution in [-0.4, -0.2) is 50.3 Å². The quantitative estimate of drug-likeness (QED) is 0.772. The summed E-state index contributed by atoms with van der Waals surface area (Å²) in [5, 5.41) is 16.5. The fourth-order valence-corrected chi connectivity index (χ4v) is 3.22. The van der Waals surface area contributed by atoms with Crippen LogP contribution in [0, 0.1) is 0 Å². The summed E-state index contributed by atoms with van der Waals surface area (Å²) in [7, 11) is 4.03. The van der Waals surface area contributed by atoms with Gasteiger partial charge in [-0.15, -0.1) is 0 Å². The summed E-state index contributed by atoms with van der Waals surface area (Å²) >= 11 is 0. The third-order valence-corrected chi connectivity index (χ3v) is 4.89. The number of piperidine rings is 1. The van der Waals surface area contributed by atoms with E-state index in [1.54, 1.807) is 0 Å². The van der Waals surface area contributed by atoms with Crippen LogP contribution in [-0.2, 0) is 0 Å². The van der Waals surface area contributed by atoms with Crippen molar-refractivity contribution in [3.8, 4) is 11.1 Å². The van der Waals surface area contributed by atoms with Gasteiger partial charge in [-0.3, -0.25) is 4.79 Å². The molecule has 2 aromatic rings. The molecule has 5 heteroatoms. The van der Waals surface area contributed by atoms with Gasteiger partial charge in [0.15, 0.2) is 0 Å². The number of nitrogens with zero attached hydrogens (tertiary/aromatic N) is 1. The maximum Gasteiger partial charge on any atom is 0.251 e. The highest BCUT2D eigenvalue weighted by molar-refractivity contribution is 5.94. The summed E-state index contributed by atoms with van der Waals surface area (Å²) in [6.45, 7) is 1.72. The zero-order chi connectivity index (χ0) is 18.6. The Kier molecular flexibility index (Phi) is 5.59. The first-order chi connectivity index (χ1) is 12.5. The van der Waals surface area contributed by atoms with Crippen LogP contribution in [0.2, 0.25) is 0 Å². The Morgan fingerprint density at radius 2 is 1.73 bits per heavy atom. The highest BCUT2D eigenvalue weighted by atomic mass is 16.3. The summed E-state index contributed by atoms with van der Waals surface area (Å²) in [6, 6.07) is 15.9. The predicted octanol–water partition coefficient (Wildman–Crippen LogP) is 2.26. The van der Waals surface area contributed by atoms with E-state index in [-0.39, 0.29) is 12.5 Å². The van der Waals surface area contributed by atoms with Gasteiger partial charge in [-0.1, -0.05) is 24.3 Å². The second kappa shape index (κ2) is 7.89. The molecule has 1 saturated heterocycles. The molecule has 3 rings (SSSR count). The molecule has 26 heavy (non-hydrogen) atoms. The van der Waals surface area contributed by atoms with Gasteiger partial charge in [0, 0.05) is 38.4 Å². The zero-order valence-corrected chi connectivity index (χ0v) is 15.5. The minimum absolute atomic E-state index is 0.154. The van der Waals surface area contributed by atoms with Gasteiger partial charge in [-0.05, 0) is 54.8 Å². The van der Waals surface area contributed by atoms with Crippen molar-refractivity contribution in [2.75, 3.05) is 38.6 Å². The molecule has 1 unspecified atom stereocenters. The SMILES string of the molecule is CN(C)c1ccc(-c2ccc(C(=O)NCC3(O)CCCNC3)cc2)cc1. The minimum Gasteiger partial charge on any atom is -0.387 e. The number of benzene rings is 2. The number of hydrogen-bond donors (Lipinski definition) is 3. The van der Waals surface area contributed by atoms with Crippen molar-refractivity contribution in [2.45, 2.75) is 18.4 Å². The highest BCUT2D eigenvalue weighted by Crippen LogP contribution is 2.23. The van der Waals surface area contributed by atoms with Crippen molar-refractivity contribution in [2.24, 2.45) is 0 Å². The molecule has 0 bridgehead atoms. The molecule has 1 amide bonds.